The van der Waals surface area contributed by atoms with Gasteiger partial charge in [-0.3, -0.25) is 19.7 Å². The molecule has 1 heterocycles. The molecule has 3 N–H and O–H groups in total. The summed E-state index contributed by atoms with van der Waals surface area (Å²) in [5.41, 5.74) is 7.14. The van der Waals surface area contributed by atoms with Crippen LogP contribution < -0.4 is 11.1 Å². The van der Waals surface area contributed by atoms with E-state index in [9.17, 15) is 19.7 Å². The van der Waals surface area contributed by atoms with E-state index in [1.807, 2.05) is 0 Å². The zero-order valence-corrected chi connectivity index (χ0v) is 15.8. The molecule has 3 rings (SSSR count). The average molecular weight is 387 g/mol. The Balaban J connectivity index is 1.85. The number of nitrogens with one attached hydrogen (secondary N) is 1. The number of hydrogen-bond donors (Lipinski definition) is 2. The number of rotatable bonds is 6. The smallest absolute Gasteiger partial charge is 0.269 e. The lowest BCUT2D eigenvalue weighted by Crippen LogP contribution is -2.20. The number of primary amides is 1. The SMILES string of the molecule is CCC[C@H]1CCc2c(sc(NC(=O)c3ccc([N+](=O)[O-])cc3)c2C(N)=O)C1. The van der Waals surface area contributed by atoms with E-state index in [-0.39, 0.29) is 11.3 Å². The third-order valence-electron chi connectivity index (χ3n) is 4.88. The zero-order chi connectivity index (χ0) is 19.6. The van der Waals surface area contributed by atoms with Gasteiger partial charge in [0.15, 0.2) is 0 Å². The van der Waals surface area contributed by atoms with Gasteiger partial charge in [0.25, 0.3) is 17.5 Å². The average Bonchev–Trinajstić information content (AvgIpc) is 2.99. The van der Waals surface area contributed by atoms with Gasteiger partial charge in [-0.25, -0.2) is 0 Å². The Kier molecular flexibility index (Phi) is 5.55. The Labute approximate surface area is 160 Å². The maximum absolute atomic E-state index is 12.5. The van der Waals surface area contributed by atoms with Crippen molar-refractivity contribution in [2.75, 3.05) is 5.32 Å². The molecule has 27 heavy (non-hydrogen) atoms. The quantitative estimate of drug-likeness (QED) is 0.577. The number of nitro groups is 1. The van der Waals surface area contributed by atoms with Crippen LogP contribution >= 0.6 is 11.3 Å². The summed E-state index contributed by atoms with van der Waals surface area (Å²) in [4.78, 5) is 35.9. The summed E-state index contributed by atoms with van der Waals surface area (Å²) in [7, 11) is 0. The normalized spacial score (nSPS) is 15.8. The van der Waals surface area contributed by atoms with Crippen LogP contribution in [-0.2, 0) is 12.8 Å². The van der Waals surface area contributed by atoms with Crippen LogP contribution in [0.15, 0.2) is 24.3 Å². The Morgan fingerprint density at radius 2 is 2.04 bits per heavy atom. The number of benzene rings is 1. The summed E-state index contributed by atoms with van der Waals surface area (Å²) >= 11 is 1.41. The highest BCUT2D eigenvalue weighted by atomic mass is 32.1. The molecule has 1 aromatic heterocycles. The van der Waals surface area contributed by atoms with Gasteiger partial charge in [0, 0.05) is 22.6 Å². The fourth-order valence-electron chi connectivity index (χ4n) is 3.57. The number of non-ortho nitro benzene ring substituents is 1. The van der Waals surface area contributed by atoms with Gasteiger partial charge in [-0.05, 0) is 42.9 Å². The standard InChI is InChI=1S/C19H21N3O4S/c1-2-3-11-4-9-14-15(10-11)27-19(16(14)17(20)23)21-18(24)12-5-7-13(8-6-12)22(25)26/h5-8,11H,2-4,9-10H2,1H3,(H2,20,23)(H,21,24)/t11-/m0/s1. The zero-order valence-electron chi connectivity index (χ0n) is 15.0. The molecule has 8 heteroatoms. The van der Waals surface area contributed by atoms with E-state index in [1.165, 1.54) is 35.6 Å². The molecular weight excluding hydrogens is 366 g/mol. The van der Waals surface area contributed by atoms with Gasteiger partial charge in [0.2, 0.25) is 0 Å². The van der Waals surface area contributed by atoms with Gasteiger partial charge < -0.3 is 11.1 Å². The number of carbonyl (C=O) groups is 2. The van der Waals surface area contributed by atoms with Gasteiger partial charge in [0.1, 0.15) is 5.00 Å². The van der Waals surface area contributed by atoms with E-state index in [4.69, 9.17) is 5.73 Å². The molecule has 0 unspecified atom stereocenters. The van der Waals surface area contributed by atoms with Crippen molar-refractivity contribution in [3.05, 3.63) is 55.9 Å². The lowest BCUT2D eigenvalue weighted by molar-refractivity contribution is -0.384. The molecule has 1 aliphatic rings. The van der Waals surface area contributed by atoms with Crippen LogP contribution in [0.25, 0.3) is 0 Å². The maximum Gasteiger partial charge on any atom is 0.269 e. The molecule has 0 saturated heterocycles. The fraction of sp³-hybridized carbons (Fsp3) is 0.368. The van der Waals surface area contributed by atoms with Crippen LogP contribution in [0, 0.1) is 16.0 Å². The number of nitrogens with two attached hydrogens (primary N) is 1. The number of anilines is 1. The highest BCUT2D eigenvalue weighted by Crippen LogP contribution is 2.40. The van der Waals surface area contributed by atoms with Crippen molar-refractivity contribution in [1.29, 1.82) is 0 Å². The molecule has 0 radical (unpaired) electrons. The predicted molar refractivity (Wildman–Crippen MR) is 104 cm³/mol. The Bertz CT molecular complexity index is 889. The molecule has 142 valence electrons. The fourth-order valence-corrected chi connectivity index (χ4v) is 4.93. The first-order valence-corrected chi connectivity index (χ1v) is 9.72. The third-order valence-corrected chi connectivity index (χ3v) is 6.05. The molecular formula is C19H21N3O4S. The number of fused-ring (bicyclic) bond motifs is 1. The largest absolute Gasteiger partial charge is 0.365 e. The summed E-state index contributed by atoms with van der Waals surface area (Å²) in [5, 5.41) is 14.0. The van der Waals surface area contributed by atoms with Crippen LogP contribution in [0.5, 0.6) is 0 Å². The minimum Gasteiger partial charge on any atom is -0.365 e. The molecule has 1 aliphatic carbocycles. The highest BCUT2D eigenvalue weighted by Gasteiger charge is 2.28. The summed E-state index contributed by atoms with van der Waals surface area (Å²) in [6.45, 7) is 2.16. The minimum atomic E-state index is -0.541. The summed E-state index contributed by atoms with van der Waals surface area (Å²) in [6, 6.07) is 5.34. The topological polar surface area (TPSA) is 115 Å². The summed E-state index contributed by atoms with van der Waals surface area (Å²) in [5.74, 6) is -0.364. The molecule has 1 aromatic carbocycles. The number of nitrogens with zero attached hydrogens (tertiary/aromatic N) is 1. The molecule has 0 spiro atoms. The van der Waals surface area contributed by atoms with Crippen molar-refractivity contribution < 1.29 is 14.5 Å². The van der Waals surface area contributed by atoms with E-state index in [1.54, 1.807) is 0 Å². The van der Waals surface area contributed by atoms with Crippen LogP contribution in [-0.4, -0.2) is 16.7 Å². The maximum atomic E-state index is 12.5. The molecule has 0 bridgehead atoms. The Morgan fingerprint density at radius 1 is 1.33 bits per heavy atom. The van der Waals surface area contributed by atoms with Gasteiger partial charge in [-0.2, -0.15) is 0 Å². The predicted octanol–water partition coefficient (Wildman–Crippen LogP) is 3.91. The number of thiophene rings is 1. The van der Waals surface area contributed by atoms with Gasteiger partial charge in [-0.15, -0.1) is 11.3 Å². The molecule has 2 aromatic rings. The van der Waals surface area contributed by atoms with Crippen molar-refractivity contribution in [3.8, 4) is 0 Å². The first-order valence-electron chi connectivity index (χ1n) is 8.90. The van der Waals surface area contributed by atoms with Crippen LogP contribution in [0.3, 0.4) is 0 Å². The van der Waals surface area contributed by atoms with Gasteiger partial charge in [0.05, 0.1) is 10.5 Å². The van der Waals surface area contributed by atoms with Crippen molar-refractivity contribution >= 4 is 33.8 Å². The number of nitro benzene ring substituents is 1. The second kappa shape index (κ2) is 7.87. The molecule has 2 amide bonds. The highest BCUT2D eigenvalue weighted by molar-refractivity contribution is 7.17. The molecule has 7 nitrogen and oxygen atoms in total. The summed E-state index contributed by atoms with van der Waals surface area (Å²) in [6.07, 6.45) is 4.99. The lowest BCUT2D eigenvalue weighted by atomic mass is 9.84. The number of amides is 2. The molecule has 1 atom stereocenters. The first kappa shape index (κ1) is 19.0. The van der Waals surface area contributed by atoms with Crippen LogP contribution in [0.1, 0.15) is 57.3 Å². The van der Waals surface area contributed by atoms with Crippen LogP contribution in [0.4, 0.5) is 10.7 Å². The van der Waals surface area contributed by atoms with Crippen molar-refractivity contribution in [2.24, 2.45) is 11.7 Å². The van der Waals surface area contributed by atoms with Crippen molar-refractivity contribution in [1.82, 2.24) is 0 Å². The summed E-state index contributed by atoms with van der Waals surface area (Å²) < 4.78 is 0. The molecule has 0 fully saturated rings. The second-order valence-corrected chi connectivity index (χ2v) is 7.83. The van der Waals surface area contributed by atoms with E-state index in [0.717, 1.165) is 42.5 Å². The van der Waals surface area contributed by atoms with Crippen molar-refractivity contribution in [2.45, 2.75) is 39.0 Å². The minimum absolute atomic E-state index is 0.0853. The third kappa shape index (κ3) is 4.00. The Hall–Kier alpha value is -2.74. The van der Waals surface area contributed by atoms with Crippen molar-refractivity contribution in [3.63, 3.8) is 0 Å². The number of carbonyl (C=O) groups excluding carboxylic acids is 2. The molecule has 0 saturated carbocycles. The first-order chi connectivity index (χ1) is 12.9. The van der Waals surface area contributed by atoms with Crippen LogP contribution in [0.2, 0.25) is 0 Å². The van der Waals surface area contributed by atoms with E-state index < -0.39 is 16.7 Å². The van der Waals surface area contributed by atoms with Gasteiger partial charge >= 0.3 is 0 Å². The Morgan fingerprint density at radius 3 is 2.63 bits per heavy atom. The second-order valence-electron chi connectivity index (χ2n) is 6.73. The lowest BCUT2D eigenvalue weighted by Gasteiger charge is -2.21. The van der Waals surface area contributed by atoms with Gasteiger partial charge in [-0.1, -0.05) is 19.8 Å². The molecule has 0 aliphatic heterocycles. The monoisotopic (exact) mass is 387 g/mol. The number of hydrogen-bond acceptors (Lipinski definition) is 5. The van der Waals surface area contributed by atoms with E-state index in [0.29, 0.717) is 16.5 Å². The van der Waals surface area contributed by atoms with E-state index in [2.05, 4.69) is 12.2 Å². The van der Waals surface area contributed by atoms with E-state index >= 15 is 0 Å².